The van der Waals surface area contributed by atoms with Crippen LogP contribution in [0.25, 0.3) is 0 Å². The van der Waals surface area contributed by atoms with Gasteiger partial charge < -0.3 is 18.9 Å². The van der Waals surface area contributed by atoms with E-state index < -0.39 is 17.2 Å². The predicted molar refractivity (Wildman–Crippen MR) is 88.9 cm³/mol. The third-order valence-electron chi connectivity index (χ3n) is 4.96. The molecule has 0 N–H and O–H groups in total. The standard InChI is InChI=1S/C19H23FO5/c1-22-16-4-2-15(3-5-16)14-25-18(17(20)6-11-21)7-9-19(10-8-18)23-12-13-24-19/h2-6,11H,7-10,12-14H2,1H3/b17-6-. The largest absolute Gasteiger partial charge is 0.497 e. The van der Waals surface area contributed by atoms with Crippen LogP contribution in [-0.4, -0.2) is 38.0 Å². The van der Waals surface area contributed by atoms with E-state index in [9.17, 15) is 9.18 Å². The molecule has 0 radical (unpaired) electrons. The number of carbonyl (C=O) groups excluding carboxylic acids is 1. The molecule has 6 heteroatoms. The van der Waals surface area contributed by atoms with Crippen LogP contribution in [0.4, 0.5) is 4.39 Å². The summed E-state index contributed by atoms with van der Waals surface area (Å²) in [5, 5.41) is 0. The van der Waals surface area contributed by atoms with Crippen molar-refractivity contribution in [2.45, 2.75) is 43.7 Å². The predicted octanol–water partition coefficient (Wildman–Crippen LogP) is 3.32. The molecule has 0 amide bonds. The minimum atomic E-state index is -1.11. The molecule has 2 aliphatic rings. The van der Waals surface area contributed by atoms with Gasteiger partial charge in [0.05, 0.1) is 26.9 Å². The zero-order chi connectivity index (χ0) is 17.8. The Morgan fingerprint density at radius 1 is 1.16 bits per heavy atom. The van der Waals surface area contributed by atoms with Crippen LogP contribution in [-0.2, 0) is 25.6 Å². The van der Waals surface area contributed by atoms with E-state index in [4.69, 9.17) is 18.9 Å². The number of rotatable bonds is 6. The van der Waals surface area contributed by atoms with Crippen LogP contribution in [0.5, 0.6) is 5.75 Å². The van der Waals surface area contributed by atoms with Crippen molar-refractivity contribution in [2.24, 2.45) is 0 Å². The maximum Gasteiger partial charge on any atom is 0.168 e. The Morgan fingerprint density at radius 2 is 1.80 bits per heavy atom. The van der Waals surface area contributed by atoms with Gasteiger partial charge in [0.1, 0.15) is 23.5 Å². The second kappa shape index (κ2) is 7.64. The van der Waals surface area contributed by atoms with Crippen LogP contribution in [0.2, 0.25) is 0 Å². The van der Waals surface area contributed by atoms with E-state index in [-0.39, 0.29) is 6.61 Å². The molecule has 1 heterocycles. The first-order valence-electron chi connectivity index (χ1n) is 8.48. The summed E-state index contributed by atoms with van der Waals surface area (Å²) < 4.78 is 37.2. The van der Waals surface area contributed by atoms with Crippen molar-refractivity contribution in [1.29, 1.82) is 0 Å². The lowest BCUT2D eigenvalue weighted by Gasteiger charge is -2.42. The van der Waals surface area contributed by atoms with Gasteiger partial charge in [0, 0.05) is 18.9 Å². The lowest BCUT2D eigenvalue weighted by molar-refractivity contribution is -0.208. The molecular weight excluding hydrogens is 327 g/mol. The van der Waals surface area contributed by atoms with Crippen molar-refractivity contribution in [3.05, 3.63) is 41.7 Å². The summed E-state index contributed by atoms with van der Waals surface area (Å²) >= 11 is 0. The van der Waals surface area contributed by atoms with Crippen LogP contribution in [0.1, 0.15) is 31.2 Å². The first-order chi connectivity index (χ1) is 12.1. The Labute approximate surface area is 146 Å². The first-order valence-corrected chi connectivity index (χ1v) is 8.48. The number of halogens is 1. The molecule has 2 fully saturated rings. The van der Waals surface area contributed by atoms with Crippen molar-refractivity contribution in [3.8, 4) is 5.75 Å². The highest BCUT2D eigenvalue weighted by molar-refractivity contribution is 5.66. The number of methoxy groups -OCH3 is 1. The van der Waals surface area contributed by atoms with Crippen molar-refractivity contribution >= 4 is 6.29 Å². The van der Waals surface area contributed by atoms with Gasteiger partial charge in [0.2, 0.25) is 0 Å². The van der Waals surface area contributed by atoms with E-state index in [0.29, 0.717) is 45.2 Å². The van der Waals surface area contributed by atoms with Crippen molar-refractivity contribution in [3.63, 3.8) is 0 Å². The van der Waals surface area contributed by atoms with E-state index in [1.165, 1.54) is 0 Å². The monoisotopic (exact) mass is 350 g/mol. The molecular formula is C19H23FO5. The molecule has 1 aromatic rings. The van der Waals surface area contributed by atoms with Gasteiger partial charge in [-0.1, -0.05) is 12.1 Å². The number of benzene rings is 1. The highest BCUT2D eigenvalue weighted by Gasteiger charge is 2.49. The topological polar surface area (TPSA) is 54.0 Å². The quantitative estimate of drug-likeness (QED) is 0.582. The summed E-state index contributed by atoms with van der Waals surface area (Å²) in [4.78, 5) is 10.8. The summed E-state index contributed by atoms with van der Waals surface area (Å²) in [5.74, 6) is -0.404. The average molecular weight is 350 g/mol. The number of carbonyl (C=O) groups is 1. The molecule has 1 saturated carbocycles. The van der Waals surface area contributed by atoms with Gasteiger partial charge in [-0.2, -0.15) is 0 Å². The highest BCUT2D eigenvalue weighted by Crippen LogP contribution is 2.45. The smallest absolute Gasteiger partial charge is 0.168 e. The Kier molecular flexibility index (Phi) is 5.51. The molecule has 0 aromatic heterocycles. The maximum atomic E-state index is 14.6. The van der Waals surface area contributed by atoms with Gasteiger partial charge in [-0.15, -0.1) is 0 Å². The summed E-state index contributed by atoms with van der Waals surface area (Å²) in [6.07, 6.45) is 3.28. The molecule has 1 spiro atoms. The lowest BCUT2D eigenvalue weighted by atomic mass is 9.80. The van der Waals surface area contributed by atoms with Crippen LogP contribution in [0, 0.1) is 0 Å². The van der Waals surface area contributed by atoms with E-state index >= 15 is 0 Å². The van der Waals surface area contributed by atoms with E-state index in [1.807, 2.05) is 24.3 Å². The summed E-state index contributed by atoms with van der Waals surface area (Å²) in [5.41, 5.74) is -0.200. The Morgan fingerprint density at radius 3 is 2.36 bits per heavy atom. The van der Waals surface area contributed by atoms with E-state index in [0.717, 1.165) is 17.4 Å². The fourth-order valence-corrected chi connectivity index (χ4v) is 3.43. The minimum Gasteiger partial charge on any atom is -0.497 e. The van der Waals surface area contributed by atoms with Gasteiger partial charge in [0.25, 0.3) is 0 Å². The van der Waals surface area contributed by atoms with Crippen molar-refractivity contribution in [2.75, 3.05) is 20.3 Å². The molecule has 5 nitrogen and oxygen atoms in total. The molecule has 1 aliphatic carbocycles. The van der Waals surface area contributed by atoms with Crippen molar-refractivity contribution in [1.82, 2.24) is 0 Å². The third-order valence-corrected chi connectivity index (χ3v) is 4.96. The molecule has 0 atom stereocenters. The number of ether oxygens (including phenoxy) is 4. The van der Waals surface area contributed by atoms with Gasteiger partial charge in [-0.05, 0) is 30.5 Å². The molecule has 1 aliphatic heterocycles. The fourth-order valence-electron chi connectivity index (χ4n) is 3.43. The highest BCUT2D eigenvalue weighted by atomic mass is 19.1. The lowest BCUT2D eigenvalue weighted by Crippen LogP contribution is -2.45. The van der Waals surface area contributed by atoms with Crippen LogP contribution in [0.15, 0.2) is 36.2 Å². The normalized spacial score (nSPS) is 22.1. The van der Waals surface area contributed by atoms with Crippen LogP contribution in [0.3, 0.4) is 0 Å². The number of allylic oxidation sites excluding steroid dienone is 1. The van der Waals surface area contributed by atoms with Gasteiger partial charge >= 0.3 is 0 Å². The summed E-state index contributed by atoms with van der Waals surface area (Å²) in [6, 6.07) is 7.42. The molecule has 0 unspecified atom stereocenters. The van der Waals surface area contributed by atoms with Gasteiger partial charge in [-0.25, -0.2) is 4.39 Å². The fraction of sp³-hybridized carbons (Fsp3) is 0.526. The molecule has 1 aromatic carbocycles. The average Bonchev–Trinajstić information content (AvgIpc) is 3.11. The van der Waals surface area contributed by atoms with Gasteiger partial charge in [0.15, 0.2) is 5.79 Å². The Bertz CT molecular complexity index is 609. The number of hydrogen-bond acceptors (Lipinski definition) is 5. The molecule has 0 bridgehead atoms. The molecule has 25 heavy (non-hydrogen) atoms. The first kappa shape index (κ1) is 18.0. The second-order valence-electron chi connectivity index (χ2n) is 6.39. The molecule has 136 valence electrons. The van der Waals surface area contributed by atoms with Crippen LogP contribution >= 0.6 is 0 Å². The van der Waals surface area contributed by atoms with E-state index in [1.54, 1.807) is 7.11 Å². The van der Waals surface area contributed by atoms with Gasteiger partial charge in [-0.3, -0.25) is 4.79 Å². The Hall–Kier alpha value is -1.76. The third kappa shape index (κ3) is 3.92. The minimum absolute atomic E-state index is 0.249. The number of aldehydes is 1. The maximum absolute atomic E-state index is 14.6. The molecule has 3 rings (SSSR count). The summed E-state index contributed by atoms with van der Waals surface area (Å²) in [7, 11) is 1.60. The van der Waals surface area contributed by atoms with E-state index in [2.05, 4.69) is 0 Å². The second-order valence-corrected chi connectivity index (χ2v) is 6.39. The van der Waals surface area contributed by atoms with Crippen LogP contribution < -0.4 is 4.74 Å². The van der Waals surface area contributed by atoms with Crippen molar-refractivity contribution < 1.29 is 28.1 Å². The SMILES string of the molecule is COc1ccc(COC2(/C(F)=C/C=O)CCC3(CC2)OCCO3)cc1. The zero-order valence-corrected chi connectivity index (χ0v) is 14.3. The Balaban J connectivity index is 1.71. The summed E-state index contributed by atoms with van der Waals surface area (Å²) in [6.45, 7) is 1.37. The number of hydrogen-bond donors (Lipinski definition) is 0. The molecule has 1 saturated heterocycles. The zero-order valence-electron chi connectivity index (χ0n) is 14.3.